The van der Waals surface area contributed by atoms with E-state index in [-0.39, 0.29) is 0 Å². The molecule has 0 aromatic rings. The molecule has 0 saturated heterocycles. The maximum Gasteiger partial charge on any atom is -0.0533 e. The van der Waals surface area contributed by atoms with Gasteiger partial charge in [-0.15, -0.1) is 0 Å². The van der Waals surface area contributed by atoms with Crippen molar-refractivity contribution < 1.29 is 0 Å². The highest BCUT2D eigenvalue weighted by atomic mass is 14.0. The molecule has 16 heavy (non-hydrogen) atoms. The van der Waals surface area contributed by atoms with Gasteiger partial charge < -0.3 is 0 Å². The molecule has 0 aliphatic heterocycles. The quantitative estimate of drug-likeness (QED) is 0.446. The van der Waals surface area contributed by atoms with E-state index in [4.69, 9.17) is 0 Å². The maximum absolute atomic E-state index is 3.82. The van der Waals surface area contributed by atoms with Gasteiger partial charge in [-0.1, -0.05) is 104 Å². The molecule has 0 nitrogen and oxygen atoms in total. The topological polar surface area (TPSA) is 0 Å². The van der Waals surface area contributed by atoms with E-state index in [1.165, 1.54) is 83.5 Å². The minimum atomic E-state index is 1.12. The summed E-state index contributed by atoms with van der Waals surface area (Å²) in [5.74, 6) is 0. The van der Waals surface area contributed by atoms with Gasteiger partial charge in [0.2, 0.25) is 0 Å². The van der Waals surface area contributed by atoms with Gasteiger partial charge in [0.15, 0.2) is 0 Å². The van der Waals surface area contributed by atoms with Crippen molar-refractivity contribution in [2.45, 2.75) is 96.8 Å². The highest BCUT2D eigenvalue weighted by Crippen LogP contribution is 2.15. The average molecular weight is 225 g/mol. The Bertz CT molecular complexity index is 83.1. The van der Waals surface area contributed by atoms with Gasteiger partial charge in [0.1, 0.15) is 0 Å². The van der Waals surface area contributed by atoms with E-state index in [0.717, 1.165) is 6.42 Å². The molecule has 1 saturated carbocycles. The molecule has 0 amide bonds. The minimum Gasteiger partial charge on any atom is -0.0654 e. The SMILES string of the molecule is C1CCCCC1.[CH2]CCCCCCCCC. The van der Waals surface area contributed by atoms with Crippen molar-refractivity contribution in [1.82, 2.24) is 0 Å². The molecule has 0 aromatic heterocycles. The Balaban J connectivity index is 0.000000315. The summed E-state index contributed by atoms with van der Waals surface area (Å²) >= 11 is 0. The number of rotatable bonds is 7. The third-order valence-electron chi connectivity index (χ3n) is 3.35. The lowest BCUT2D eigenvalue weighted by Gasteiger charge is -2.05. The van der Waals surface area contributed by atoms with E-state index in [9.17, 15) is 0 Å². The summed E-state index contributed by atoms with van der Waals surface area (Å²) in [7, 11) is 0. The Kier molecular flexibility index (Phi) is 15.0. The van der Waals surface area contributed by atoms with Crippen LogP contribution in [0.15, 0.2) is 0 Å². The van der Waals surface area contributed by atoms with Gasteiger partial charge in [0, 0.05) is 0 Å². The normalized spacial score (nSPS) is 15.4. The van der Waals surface area contributed by atoms with Crippen LogP contribution >= 0.6 is 0 Å². The molecule has 0 aromatic carbocycles. The maximum atomic E-state index is 3.82. The van der Waals surface area contributed by atoms with Crippen molar-refractivity contribution in [2.24, 2.45) is 0 Å². The Morgan fingerprint density at radius 1 is 0.625 bits per heavy atom. The van der Waals surface area contributed by atoms with Crippen LogP contribution in [0.4, 0.5) is 0 Å². The van der Waals surface area contributed by atoms with Crippen LogP contribution in [0.1, 0.15) is 96.8 Å². The van der Waals surface area contributed by atoms with Gasteiger partial charge in [0.05, 0.1) is 0 Å². The summed E-state index contributed by atoms with van der Waals surface area (Å²) in [5.41, 5.74) is 0. The molecule has 1 aliphatic carbocycles. The summed E-state index contributed by atoms with van der Waals surface area (Å²) < 4.78 is 0. The number of hydrogen-bond donors (Lipinski definition) is 0. The minimum absolute atomic E-state index is 1.12. The first kappa shape index (κ1) is 16.0. The molecule has 97 valence electrons. The molecule has 0 bridgehead atoms. The standard InChI is InChI=1S/C10H21.C6H12/c1-3-5-7-9-10-8-6-4-2;1-2-4-6-5-3-1/h1,3-10H2,2H3;1-6H2. The molecule has 1 aliphatic rings. The Hall–Kier alpha value is 0. The fourth-order valence-electron chi connectivity index (χ4n) is 2.19. The summed E-state index contributed by atoms with van der Waals surface area (Å²) in [4.78, 5) is 0. The van der Waals surface area contributed by atoms with Crippen LogP contribution in [0.5, 0.6) is 0 Å². The van der Waals surface area contributed by atoms with Gasteiger partial charge in [0.25, 0.3) is 0 Å². The summed E-state index contributed by atoms with van der Waals surface area (Å²) in [6, 6.07) is 0. The smallest absolute Gasteiger partial charge is 0.0533 e. The monoisotopic (exact) mass is 225 g/mol. The van der Waals surface area contributed by atoms with Crippen molar-refractivity contribution in [1.29, 1.82) is 0 Å². The van der Waals surface area contributed by atoms with Crippen LogP contribution in [0.3, 0.4) is 0 Å². The fourth-order valence-corrected chi connectivity index (χ4v) is 2.19. The first-order chi connectivity index (χ1) is 7.91. The van der Waals surface area contributed by atoms with Crippen LogP contribution in [0.2, 0.25) is 0 Å². The first-order valence-corrected chi connectivity index (χ1v) is 7.71. The van der Waals surface area contributed by atoms with Gasteiger partial charge in [-0.05, 0) is 0 Å². The number of unbranched alkanes of at least 4 members (excludes halogenated alkanes) is 7. The van der Waals surface area contributed by atoms with Crippen molar-refractivity contribution >= 4 is 0 Å². The van der Waals surface area contributed by atoms with Gasteiger partial charge in [-0.3, -0.25) is 0 Å². The van der Waals surface area contributed by atoms with E-state index in [0.29, 0.717) is 0 Å². The Morgan fingerprint density at radius 3 is 1.38 bits per heavy atom. The molecular weight excluding hydrogens is 192 g/mol. The van der Waals surface area contributed by atoms with Crippen LogP contribution in [-0.4, -0.2) is 0 Å². The van der Waals surface area contributed by atoms with Crippen LogP contribution < -0.4 is 0 Å². The molecule has 0 spiro atoms. The predicted octanol–water partition coefficient (Wildman–Crippen LogP) is 6.30. The zero-order chi connectivity index (χ0) is 11.9. The molecule has 1 fully saturated rings. The van der Waals surface area contributed by atoms with Crippen molar-refractivity contribution in [3.05, 3.63) is 6.92 Å². The lowest BCUT2D eigenvalue weighted by Crippen LogP contribution is -1.85. The van der Waals surface area contributed by atoms with Crippen molar-refractivity contribution in [3.63, 3.8) is 0 Å². The summed E-state index contributed by atoms with van der Waals surface area (Å²) in [5, 5.41) is 0. The highest BCUT2D eigenvalue weighted by molar-refractivity contribution is 4.51. The van der Waals surface area contributed by atoms with Crippen LogP contribution in [-0.2, 0) is 0 Å². The second-order valence-electron chi connectivity index (χ2n) is 5.10. The lowest BCUT2D eigenvalue weighted by molar-refractivity contribution is 0.504. The largest absolute Gasteiger partial charge is 0.0654 e. The van der Waals surface area contributed by atoms with E-state index in [1.807, 2.05) is 0 Å². The van der Waals surface area contributed by atoms with E-state index < -0.39 is 0 Å². The summed E-state index contributed by atoms with van der Waals surface area (Å²) in [6.45, 7) is 6.08. The Labute approximate surface area is 104 Å². The number of hydrogen-bond acceptors (Lipinski definition) is 0. The van der Waals surface area contributed by atoms with Gasteiger partial charge in [-0.25, -0.2) is 0 Å². The summed E-state index contributed by atoms with van der Waals surface area (Å²) in [6.07, 6.45) is 19.9. The zero-order valence-electron chi connectivity index (χ0n) is 11.6. The molecule has 0 N–H and O–H groups in total. The molecular formula is C16H33. The zero-order valence-corrected chi connectivity index (χ0v) is 11.6. The molecule has 0 heteroatoms. The van der Waals surface area contributed by atoms with Crippen molar-refractivity contribution in [3.8, 4) is 0 Å². The van der Waals surface area contributed by atoms with Gasteiger partial charge in [-0.2, -0.15) is 0 Å². The average Bonchev–Trinajstić information content (AvgIpc) is 2.37. The fraction of sp³-hybridized carbons (Fsp3) is 0.938. The second-order valence-corrected chi connectivity index (χ2v) is 5.10. The van der Waals surface area contributed by atoms with E-state index in [2.05, 4.69) is 13.8 Å². The lowest BCUT2D eigenvalue weighted by atomic mass is 10.0. The van der Waals surface area contributed by atoms with Crippen LogP contribution in [0, 0.1) is 6.92 Å². The third-order valence-corrected chi connectivity index (χ3v) is 3.35. The Morgan fingerprint density at radius 2 is 1.00 bits per heavy atom. The van der Waals surface area contributed by atoms with Gasteiger partial charge >= 0.3 is 0 Å². The molecule has 0 heterocycles. The molecule has 1 radical (unpaired) electrons. The second kappa shape index (κ2) is 15.0. The highest BCUT2D eigenvalue weighted by Gasteiger charge is 1.95. The third kappa shape index (κ3) is 14.0. The molecule has 1 rings (SSSR count). The van der Waals surface area contributed by atoms with E-state index in [1.54, 1.807) is 0 Å². The van der Waals surface area contributed by atoms with Crippen molar-refractivity contribution in [2.75, 3.05) is 0 Å². The van der Waals surface area contributed by atoms with E-state index >= 15 is 0 Å². The first-order valence-electron chi connectivity index (χ1n) is 7.71. The van der Waals surface area contributed by atoms with Crippen LogP contribution in [0.25, 0.3) is 0 Å². The molecule has 0 atom stereocenters. The molecule has 0 unspecified atom stereocenters. The predicted molar refractivity (Wildman–Crippen MR) is 75.7 cm³/mol.